The van der Waals surface area contributed by atoms with Crippen LogP contribution in [0.1, 0.15) is 39.5 Å². The number of carboxylic acid groups (broad SMARTS) is 1. The van der Waals surface area contributed by atoms with Crippen LogP contribution in [0, 0.1) is 5.92 Å². The third kappa shape index (κ3) is 6.46. The number of carbonyl (C=O) groups is 2. The molecule has 0 rings (SSSR count). The number of rotatable bonds is 7. The summed E-state index contributed by atoms with van der Waals surface area (Å²) in [6.07, 6.45) is 3.50. The fraction of sp³-hybridized carbons (Fsp3) is 0.800. The summed E-state index contributed by atoms with van der Waals surface area (Å²) in [4.78, 5) is 21.6. The van der Waals surface area contributed by atoms with Crippen molar-refractivity contribution in [1.82, 2.24) is 5.32 Å². The molecule has 0 heterocycles. The summed E-state index contributed by atoms with van der Waals surface area (Å²) in [6.45, 7) is 3.87. The van der Waals surface area contributed by atoms with E-state index in [0.29, 0.717) is 6.42 Å². The summed E-state index contributed by atoms with van der Waals surface area (Å²) in [5.74, 6) is -1.43. The van der Waals surface area contributed by atoms with Gasteiger partial charge in [0.1, 0.15) is 0 Å². The first kappa shape index (κ1) is 12.9. The molecule has 0 radical (unpaired) electrons. The zero-order valence-corrected chi connectivity index (χ0v) is 8.88. The third-order valence-electron chi connectivity index (χ3n) is 2.03. The molecule has 1 unspecified atom stereocenters. The van der Waals surface area contributed by atoms with Crippen molar-refractivity contribution in [3.8, 4) is 0 Å². The van der Waals surface area contributed by atoms with E-state index >= 15 is 0 Å². The van der Waals surface area contributed by atoms with Crippen molar-refractivity contribution in [2.75, 3.05) is 6.54 Å². The minimum atomic E-state index is -0.876. The molecular formula is C10H19NO3. The number of aliphatic carboxylic acids is 1. The van der Waals surface area contributed by atoms with Crippen LogP contribution in [0.5, 0.6) is 0 Å². The molecule has 0 aliphatic heterocycles. The Hall–Kier alpha value is -1.06. The fourth-order valence-electron chi connectivity index (χ4n) is 0.978. The van der Waals surface area contributed by atoms with E-state index in [-0.39, 0.29) is 12.5 Å². The largest absolute Gasteiger partial charge is 0.481 e. The number of amides is 1. The molecule has 82 valence electrons. The highest BCUT2D eigenvalue weighted by Gasteiger charge is 2.11. The van der Waals surface area contributed by atoms with Gasteiger partial charge in [-0.05, 0) is 6.42 Å². The molecule has 4 nitrogen and oxygen atoms in total. The first-order valence-electron chi connectivity index (χ1n) is 5.07. The van der Waals surface area contributed by atoms with Crippen LogP contribution in [0.4, 0.5) is 0 Å². The summed E-state index contributed by atoms with van der Waals surface area (Å²) in [6, 6.07) is 0. The predicted molar refractivity (Wildman–Crippen MR) is 54.0 cm³/mol. The van der Waals surface area contributed by atoms with Crippen molar-refractivity contribution in [2.45, 2.75) is 39.5 Å². The van der Waals surface area contributed by atoms with Gasteiger partial charge in [-0.2, -0.15) is 0 Å². The van der Waals surface area contributed by atoms with Crippen molar-refractivity contribution in [1.29, 1.82) is 0 Å². The van der Waals surface area contributed by atoms with Crippen LogP contribution in [0.2, 0.25) is 0 Å². The molecule has 0 aromatic rings. The van der Waals surface area contributed by atoms with E-state index in [2.05, 4.69) is 12.2 Å². The molecule has 0 saturated heterocycles. The predicted octanol–water partition coefficient (Wildman–Crippen LogP) is 1.40. The Morgan fingerprint density at radius 2 is 2.00 bits per heavy atom. The minimum Gasteiger partial charge on any atom is -0.481 e. The molecule has 0 fully saturated rings. The molecule has 0 spiro atoms. The van der Waals surface area contributed by atoms with Gasteiger partial charge in [-0.25, -0.2) is 0 Å². The van der Waals surface area contributed by atoms with Crippen LogP contribution in [-0.2, 0) is 9.59 Å². The lowest BCUT2D eigenvalue weighted by molar-refractivity contribution is -0.141. The molecule has 1 atom stereocenters. The maximum atomic E-state index is 11.1. The average molecular weight is 201 g/mol. The number of carbonyl (C=O) groups excluding carboxylic acids is 1. The van der Waals surface area contributed by atoms with Crippen LogP contribution < -0.4 is 5.32 Å². The monoisotopic (exact) mass is 201 g/mol. The molecule has 4 heteroatoms. The number of hydrogen-bond donors (Lipinski definition) is 2. The highest BCUT2D eigenvalue weighted by atomic mass is 16.4. The first-order chi connectivity index (χ1) is 6.57. The minimum absolute atomic E-state index is 0.0495. The van der Waals surface area contributed by atoms with Gasteiger partial charge in [0, 0.05) is 13.0 Å². The Balaban J connectivity index is 3.48. The van der Waals surface area contributed by atoms with Crippen LogP contribution in [0.3, 0.4) is 0 Å². The summed E-state index contributed by atoms with van der Waals surface area (Å²) >= 11 is 0. The standard InChI is InChI=1S/C10H19NO3/c1-3-4-5-6-9(12)11-7-8(2)10(13)14/h8H,3-7H2,1-2H3,(H,11,12)(H,13,14). The van der Waals surface area contributed by atoms with Gasteiger partial charge in [-0.3, -0.25) is 9.59 Å². The van der Waals surface area contributed by atoms with Gasteiger partial charge in [-0.15, -0.1) is 0 Å². The van der Waals surface area contributed by atoms with Crippen molar-refractivity contribution < 1.29 is 14.7 Å². The first-order valence-corrected chi connectivity index (χ1v) is 5.07. The van der Waals surface area contributed by atoms with E-state index in [1.165, 1.54) is 0 Å². The zero-order valence-electron chi connectivity index (χ0n) is 8.88. The lowest BCUT2D eigenvalue weighted by Crippen LogP contribution is -2.31. The molecule has 0 aliphatic carbocycles. The van der Waals surface area contributed by atoms with E-state index in [1.807, 2.05) is 0 Å². The molecule has 1 amide bonds. The second-order valence-electron chi connectivity index (χ2n) is 3.50. The van der Waals surface area contributed by atoms with E-state index in [0.717, 1.165) is 19.3 Å². The van der Waals surface area contributed by atoms with Crippen molar-refractivity contribution in [3.63, 3.8) is 0 Å². The molecule has 14 heavy (non-hydrogen) atoms. The van der Waals surface area contributed by atoms with Gasteiger partial charge in [0.15, 0.2) is 0 Å². The molecule has 2 N–H and O–H groups in total. The Morgan fingerprint density at radius 1 is 1.36 bits per heavy atom. The molecule has 0 aromatic heterocycles. The van der Waals surface area contributed by atoms with Gasteiger partial charge < -0.3 is 10.4 Å². The Labute approximate surface area is 84.7 Å². The zero-order chi connectivity index (χ0) is 11.0. The van der Waals surface area contributed by atoms with E-state index in [1.54, 1.807) is 6.92 Å². The molecule has 0 aromatic carbocycles. The van der Waals surface area contributed by atoms with Crippen LogP contribution in [-0.4, -0.2) is 23.5 Å². The van der Waals surface area contributed by atoms with E-state index in [4.69, 9.17) is 5.11 Å². The van der Waals surface area contributed by atoms with Crippen molar-refractivity contribution in [2.24, 2.45) is 5.92 Å². The highest BCUT2D eigenvalue weighted by Crippen LogP contribution is 1.99. The second-order valence-corrected chi connectivity index (χ2v) is 3.50. The topological polar surface area (TPSA) is 66.4 Å². The van der Waals surface area contributed by atoms with Gasteiger partial charge >= 0.3 is 5.97 Å². The number of carboxylic acids is 1. The summed E-state index contributed by atoms with van der Waals surface area (Å²) in [5.41, 5.74) is 0. The molecule has 0 aliphatic rings. The quantitative estimate of drug-likeness (QED) is 0.612. The summed E-state index contributed by atoms with van der Waals surface area (Å²) < 4.78 is 0. The van der Waals surface area contributed by atoms with Crippen molar-refractivity contribution >= 4 is 11.9 Å². The Morgan fingerprint density at radius 3 is 2.50 bits per heavy atom. The van der Waals surface area contributed by atoms with Gasteiger partial charge in [0.25, 0.3) is 0 Å². The highest BCUT2D eigenvalue weighted by molar-refractivity contribution is 5.77. The lowest BCUT2D eigenvalue weighted by atomic mass is 10.1. The van der Waals surface area contributed by atoms with Crippen LogP contribution >= 0.6 is 0 Å². The van der Waals surface area contributed by atoms with Gasteiger partial charge in [0.05, 0.1) is 5.92 Å². The molecular weight excluding hydrogens is 182 g/mol. The normalized spacial score (nSPS) is 12.1. The lowest BCUT2D eigenvalue weighted by Gasteiger charge is -2.07. The number of unbranched alkanes of at least 4 members (excludes halogenated alkanes) is 2. The van der Waals surface area contributed by atoms with Crippen molar-refractivity contribution in [3.05, 3.63) is 0 Å². The van der Waals surface area contributed by atoms with Crippen LogP contribution in [0.25, 0.3) is 0 Å². The maximum absolute atomic E-state index is 11.1. The fourth-order valence-corrected chi connectivity index (χ4v) is 0.978. The smallest absolute Gasteiger partial charge is 0.308 e. The van der Waals surface area contributed by atoms with Gasteiger partial charge in [0.2, 0.25) is 5.91 Å². The van der Waals surface area contributed by atoms with E-state index < -0.39 is 11.9 Å². The second kappa shape index (κ2) is 7.35. The molecule has 0 bridgehead atoms. The Bertz CT molecular complexity index is 192. The summed E-state index contributed by atoms with van der Waals surface area (Å²) in [5, 5.41) is 11.2. The summed E-state index contributed by atoms with van der Waals surface area (Å²) in [7, 11) is 0. The SMILES string of the molecule is CCCCCC(=O)NCC(C)C(=O)O. The van der Waals surface area contributed by atoms with Gasteiger partial charge in [-0.1, -0.05) is 26.7 Å². The Kier molecular flexibility index (Phi) is 6.80. The van der Waals surface area contributed by atoms with Crippen LogP contribution in [0.15, 0.2) is 0 Å². The maximum Gasteiger partial charge on any atom is 0.308 e. The average Bonchev–Trinajstić information content (AvgIpc) is 2.14. The third-order valence-corrected chi connectivity index (χ3v) is 2.03. The number of hydrogen-bond acceptors (Lipinski definition) is 2. The molecule has 0 saturated carbocycles. The number of nitrogens with one attached hydrogen (secondary N) is 1. The van der Waals surface area contributed by atoms with E-state index in [9.17, 15) is 9.59 Å².